The molecule has 188 valence electrons. The molecule has 3 aromatic rings. The number of nitrogens with zero attached hydrogens (tertiary/aromatic N) is 4. The van der Waals surface area contributed by atoms with Gasteiger partial charge in [0.15, 0.2) is 5.82 Å². The normalized spacial score (nSPS) is 13.7. The number of hydrogen-bond donors (Lipinski definition) is 5. The summed E-state index contributed by atoms with van der Waals surface area (Å²) in [6, 6.07) is 2.15. The number of aromatic nitrogens is 4. The van der Waals surface area contributed by atoms with E-state index < -0.39 is 30.2 Å². The van der Waals surface area contributed by atoms with Crippen molar-refractivity contribution in [1.82, 2.24) is 19.5 Å². The molecule has 0 bridgehead atoms. The van der Waals surface area contributed by atoms with Crippen LogP contribution in [0.15, 0.2) is 18.3 Å². The Balaban J connectivity index is 0.00000408. The predicted octanol–water partition coefficient (Wildman–Crippen LogP) is 1.79. The van der Waals surface area contributed by atoms with E-state index >= 15 is 4.39 Å². The summed E-state index contributed by atoms with van der Waals surface area (Å²) in [5.41, 5.74) is -0.0507. The average molecular weight is 500 g/mol. The Morgan fingerprint density at radius 2 is 1.88 bits per heavy atom. The molecule has 0 unspecified atom stereocenters. The van der Waals surface area contributed by atoms with Crippen molar-refractivity contribution < 1.29 is 30.3 Å². The maximum absolute atomic E-state index is 15.1. The van der Waals surface area contributed by atoms with Crippen molar-refractivity contribution in [2.75, 3.05) is 18.5 Å². The molecule has 0 saturated heterocycles. The Morgan fingerprint density at radius 1 is 1.21 bits per heavy atom. The number of aliphatic hydroxyl groups is 4. The lowest BCUT2D eigenvalue weighted by molar-refractivity contribution is 0.0641. The SMILES string of the molecule is CC(C)n1c(C(C)(C)O)nc2c(F)cc(-c3nc(N[C@H](CCO)[C@H](O)CO)ncc3Cl)cc21.O. The highest BCUT2D eigenvalue weighted by atomic mass is 35.5. The van der Waals surface area contributed by atoms with Crippen LogP contribution in [-0.4, -0.2) is 70.8 Å². The number of nitrogens with one attached hydrogen (secondary N) is 1. The first-order valence-corrected chi connectivity index (χ1v) is 11.0. The van der Waals surface area contributed by atoms with E-state index in [0.29, 0.717) is 16.9 Å². The van der Waals surface area contributed by atoms with Crippen LogP contribution in [0.2, 0.25) is 5.02 Å². The topological polar surface area (TPSA) is 168 Å². The van der Waals surface area contributed by atoms with Crippen LogP contribution in [-0.2, 0) is 5.60 Å². The van der Waals surface area contributed by atoms with Crippen molar-refractivity contribution >= 4 is 28.6 Å². The zero-order valence-electron chi connectivity index (χ0n) is 19.4. The molecule has 2 heterocycles. The minimum absolute atomic E-state index is 0. The first-order valence-electron chi connectivity index (χ1n) is 10.6. The summed E-state index contributed by atoms with van der Waals surface area (Å²) in [7, 11) is 0. The van der Waals surface area contributed by atoms with E-state index in [-0.39, 0.29) is 46.7 Å². The highest BCUT2D eigenvalue weighted by molar-refractivity contribution is 6.33. The van der Waals surface area contributed by atoms with Crippen LogP contribution < -0.4 is 5.32 Å². The van der Waals surface area contributed by atoms with Gasteiger partial charge in [-0.2, -0.15) is 0 Å². The van der Waals surface area contributed by atoms with E-state index in [1.807, 2.05) is 13.8 Å². The average Bonchev–Trinajstić information content (AvgIpc) is 3.15. The van der Waals surface area contributed by atoms with Crippen LogP contribution >= 0.6 is 11.6 Å². The number of benzene rings is 1. The van der Waals surface area contributed by atoms with Crippen molar-refractivity contribution in [2.45, 2.75) is 57.9 Å². The first-order chi connectivity index (χ1) is 15.5. The standard InChI is InChI=1S/C22H29ClFN5O4.H2O/c1-11(2)29-16-8-12(7-14(24)19(16)27-20(29)22(3,4)33)18-13(23)9-25-21(28-18)26-15(5-6-30)17(32)10-31;/h7-9,11,15,17,30-33H,5-6,10H2,1-4H3,(H,25,26,28);1H2/t15-,17-;/m1./s1. The van der Waals surface area contributed by atoms with Gasteiger partial charge in [-0.25, -0.2) is 19.3 Å². The number of halogens is 2. The summed E-state index contributed by atoms with van der Waals surface area (Å²) >= 11 is 6.33. The highest BCUT2D eigenvalue weighted by Crippen LogP contribution is 2.34. The Morgan fingerprint density at radius 3 is 2.44 bits per heavy atom. The molecule has 0 aliphatic carbocycles. The maximum Gasteiger partial charge on any atom is 0.223 e. The number of fused-ring (bicyclic) bond motifs is 1. The quantitative estimate of drug-likeness (QED) is 0.297. The summed E-state index contributed by atoms with van der Waals surface area (Å²) in [4.78, 5) is 12.8. The van der Waals surface area contributed by atoms with Crippen LogP contribution in [0.5, 0.6) is 0 Å². The number of hydrogen-bond acceptors (Lipinski definition) is 8. The van der Waals surface area contributed by atoms with Crippen LogP contribution in [0, 0.1) is 5.82 Å². The fourth-order valence-electron chi connectivity index (χ4n) is 3.68. The van der Waals surface area contributed by atoms with Crippen LogP contribution in [0.3, 0.4) is 0 Å². The summed E-state index contributed by atoms with van der Waals surface area (Å²) in [6.45, 7) is 6.27. The fraction of sp³-hybridized carbons (Fsp3) is 0.500. The Bertz CT molecular complexity index is 1140. The van der Waals surface area contributed by atoms with E-state index in [9.17, 15) is 20.4 Å². The molecule has 0 aliphatic rings. The number of anilines is 1. The molecule has 10 nitrogen and oxygen atoms in total. The molecule has 7 N–H and O–H groups in total. The van der Waals surface area contributed by atoms with Crippen LogP contribution in [0.1, 0.15) is 46.0 Å². The van der Waals surface area contributed by atoms with Crippen LogP contribution in [0.25, 0.3) is 22.3 Å². The number of imidazole rings is 1. The number of rotatable bonds is 9. The van der Waals surface area contributed by atoms with Gasteiger partial charge in [0.2, 0.25) is 5.95 Å². The molecule has 12 heteroatoms. The van der Waals surface area contributed by atoms with E-state index in [2.05, 4.69) is 20.3 Å². The van der Waals surface area contributed by atoms with Gasteiger partial charge in [0, 0.05) is 18.2 Å². The van der Waals surface area contributed by atoms with E-state index in [4.69, 9.17) is 11.6 Å². The smallest absolute Gasteiger partial charge is 0.223 e. The Labute approximate surface area is 201 Å². The third-order valence-electron chi connectivity index (χ3n) is 5.24. The molecule has 2 atom stereocenters. The molecular formula is C22H31ClFN5O5. The van der Waals surface area contributed by atoms with Gasteiger partial charge >= 0.3 is 0 Å². The van der Waals surface area contributed by atoms with Gasteiger partial charge in [-0.3, -0.25) is 0 Å². The Kier molecular flexibility index (Phi) is 8.92. The lowest BCUT2D eigenvalue weighted by Crippen LogP contribution is -2.37. The second-order valence-electron chi connectivity index (χ2n) is 8.69. The van der Waals surface area contributed by atoms with Gasteiger partial charge in [-0.05, 0) is 46.2 Å². The lowest BCUT2D eigenvalue weighted by Gasteiger charge is -2.22. The molecule has 0 spiro atoms. The lowest BCUT2D eigenvalue weighted by atomic mass is 10.1. The third-order valence-corrected chi connectivity index (χ3v) is 5.51. The second kappa shape index (κ2) is 10.9. The second-order valence-corrected chi connectivity index (χ2v) is 9.09. The molecule has 2 aromatic heterocycles. The number of aliphatic hydroxyl groups excluding tert-OH is 3. The predicted molar refractivity (Wildman–Crippen MR) is 127 cm³/mol. The van der Waals surface area contributed by atoms with E-state index in [0.717, 1.165) is 0 Å². The van der Waals surface area contributed by atoms with E-state index in [1.165, 1.54) is 12.3 Å². The van der Waals surface area contributed by atoms with Crippen molar-refractivity contribution in [2.24, 2.45) is 0 Å². The molecule has 0 amide bonds. The van der Waals surface area contributed by atoms with Gasteiger partial charge in [-0.15, -0.1) is 0 Å². The molecule has 1 aromatic carbocycles. The summed E-state index contributed by atoms with van der Waals surface area (Å²) in [5, 5.41) is 42.1. The Hall–Kier alpha value is -2.41. The van der Waals surface area contributed by atoms with Crippen LogP contribution in [0.4, 0.5) is 10.3 Å². The summed E-state index contributed by atoms with van der Waals surface area (Å²) in [6.07, 6.45) is 0.350. The highest BCUT2D eigenvalue weighted by Gasteiger charge is 2.28. The van der Waals surface area contributed by atoms with Gasteiger partial charge in [0.25, 0.3) is 0 Å². The molecule has 3 rings (SSSR count). The minimum Gasteiger partial charge on any atom is -0.412 e. The zero-order chi connectivity index (χ0) is 24.5. The van der Waals surface area contributed by atoms with Gasteiger partial charge in [0.1, 0.15) is 16.9 Å². The van der Waals surface area contributed by atoms with Crippen molar-refractivity contribution in [3.63, 3.8) is 0 Å². The van der Waals surface area contributed by atoms with Crippen molar-refractivity contribution in [1.29, 1.82) is 0 Å². The molecule has 0 fully saturated rings. The summed E-state index contributed by atoms with van der Waals surface area (Å²) in [5.74, 6) is -0.162. The minimum atomic E-state index is -1.28. The summed E-state index contributed by atoms with van der Waals surface area (Å²) < 4.78 is 16.9. The zero-order valence-corrected chi connectivity index (χ0v) is 20.2. The largest absolute Gasteiger partial charge is 0.412 e. The van der Waals surface area contributed by atoms with E-state index in [1.54, 1.807) is 24.5 Å². The monoisotopic (exact) mass is 499 g/mol. The fourth-order valence-corrected chi connectivity index (χ4v) is 3.88. The molecule has 0 radical (unpaired) electrons. The molecule has 34 heavy (non-hydrogen) atoms. The first kappa shape index (κ1) is 27.8. The van der Waals surface area contributed by atoms with Gasteiger partial charge in [0.05, 0.1) is 41.2 Å². The maximum atomic E-state index is 15.1. The molecule has 0 saturated carbocycles. The molecular weight excluding hydrogens is 469 g/mol. The third kappa shape index (κ3) is 5.62. The van der Waals surface area contributed by atoms with Crippen molar-refractivity contribution in [3.05, 3.63) is 35.0 Å². The van der Waals surface area contributed by atoms with Crippen molar-refractivity contribution in [3.8, 4) is 11.3 Å². The van der Waals surface area contributed by atoms with Gasteiger partial charge in [-0.1, -0.05) is 11.6 Å². The van der Waals surface area contributed by atoms with Gasteiger partial charge < -0.3 is 35.8 Å². The molecule has 0 aliphatic heterocycles.